The fourth-order valence-corrected chi connectivity index (χ4v) is 3.24. The highest BCUT2D eigenvalue weighted by Gasteiger charge is 2.39. The van der Waals surface area contributed by atoms with E-state index < -0.39 is 0 Å². The van der Waals surface area contributed by atoms with Gasteiger partial charge in [-0.05, 0) is 37.0 Å². The van der Waals surface area contributed by atoms with Crippen LogP contribution in [0.4, 0.5) is 0 Å². The molecule has 3 rings (SSSR count). The van der Waals surface area contributed by atoms with Gasteiger partial charge < -0.3 is 4.74 Å². The summed E-state index contributed by atoms with van der Waals surface area (Å²) in [5.41, 5.74) is 0. The summed E-state index contributed by atoms with van der Waals surface area (Å²) in [6, 6.07) is 1.94. The van der Waals surface area contributed by atoms with Crippen LogP contribution in [0.5, 0.6) is 5.88 Å². The van der Waals surface area contributed by atoms with E-state index in [0.29, 0.717) is 0 Å². The number of aryl methyl sites for hydroxylation is 1. The van der Waals surface area contributed by atoms with Crippen molar-refractivity contribution in [1.29, 1.82) is 0 Å². The van der Waals surface area contributed by atoms with Gasteiger partial charge in [-0.1, -0.05) is 6.42 Å². The number of ether oxygens (including phenoxy) is 1. The van der Waals surface area contributed by atoms with Gasteiger partial charge in [0, 0.05) is 19.3 Å². The molecule has 0 N–H and O–H groups in total. The molecule has 15 heavy (non-hydrogen) atoms. The molecule has 2 bridgehead atoms. The first kappa shape index (κ1) is 9.25. The normalized spacial score (nSPS) is 33.5. The van der Waals surface area contributed by atoms with Gasteiger partial charge in [0.05, 0.1) is 6.61 Å². The third kappa shape index (κ3) is 1.75. The summed E-state index contributed by atoms with van der Waals surface area (Å²) in [6.45, 7) is 0.873. The van der Waals surface area contributed by atoms with E-state index in [2.05, 4.69) is 5.10 Å². The molecule has 2 aliphatic carbocycles. The maximum absolute atomic E-state index is 5.73. The van der Waals surface area contributed by atoms with Crippen molar-refractivity contribution in [2.75, 3.05) is 6.61 Å². The smallest absolute Gasteiger partial charge is 0.232 e. The molecule has 0 saturated heterocycles. The van der Waals surface area contributed by atoms with Crippen LogP contribution >= 0.6 is 0 Å². The Hall–Kier alpha value is -0.990. The van der Waals surface area contributed by atoms with Gasteiger partial charge in [-0.15, -0.1) is 5.10 Å². The van der Waals surface area contributed by atoms with Crippen LogP contribution in [-0.4, -0.2) is 16.4 Å². The van der Waals surface area contributed by atoms with E-state index in [1.165, 1.54) is 25.7 Å². The van der Waals surface area contributed by atoms with Crippen LogP contribution in [0.2, 0.25) is 0 Å². The van der Waals surface area contributed by atoms with E-state index in [1.807, 2.05) is 19.3 Å². The summed E-state index contributed by atoms with van der Waals surface area (Å²) in [6.07, 6.45) is 7.66. The number of aromatic nitrogens is 2. The van der Waals surface area contributed by atoms with E-state index in [4.69, 9.17) is 4.74 Å². The van der Waals surface area contributed by atoms with Crippen LogP contribution < -0.4 is 4.74 Å². The Kier molecular flexibility index (Phi) is 2.19. The molecule has 82 valence electrons. The summed E-state index contributed by atoms with van der Waals surface area (Å²) < 4.78 is 7.52. The Morgan fingerprint density at radius 3 is 3.00 bits per heavy atom. The Balaban J connectivity index is 1.54. The Bertz CT molecular complexity index is 347. The zero-order chi connectivity index (χ0) is 10.3. The van der Waals surface area contributed by atoms with E-state index in [9.17, 15) is 0 Å². The first-order valence-corrected chi connectivity index (χ1v) is 5.93. The maximum Gasteiger partial charge on any atom is 0.232 e. The summed E-state index contributed by atoms with van der Waals surface area (Å²) in [5, 5.41) is 4.23. The molecule has 3 nitrogen and oxygen atoms in total. The lowest BCUT2D eigenvalue weighted by atomic mass is 9.90. The van der Waals surface area contributed by atoms with Crippen molar-refractivity contribution in [3.05, 3.63) is 12.3 Å². The molecule has 0 aliphatic heterocycles. The van der Waals surface area contributed by atoms with Crippen molar-refractivity contribution in [3.63, 3.8) is 0 Å². The predicted octanol–water partition coefficient (Wildman–Crippen LogP) is 2.24. The second kappa shape index (κ2) is 3.54. The molecule has 0 spiro atoms. The summed E-state index contributed by atoms with van der Waals surface area (Å²) in [5.74, 6) is 3.53. The first-order valence-electron chi connectivity index (χ1n) is 5.93. The van der Waals surface area contributed by atoms with Crippen molar-refractivity contribution in [3.8, 4) is 5.88 Å². The molecule has 1 unspecified atom stereocenters. The maximum atomic E-state index is 5.73. The SMILES string of the molecule is Cn1ccc(OCC2C[C@H]3CC[C@@H]2C3)n1. The van der Waals surface area contributed by atoms with Crippen LogP contribution in [0.1, 0.15) is 25.7 Å². The molecular formula is C12H18N2O. The lowest BCUT2D eigenvalue weighted by molar-refractivity contribution is 0.189. The van der Waals surface area contributed by atoms with Gasteiger partial charge in [0.2, 0.25) is 5.88 Å². The van der Waals surface area contributed by atoms with E-state index >= 15 is 0 Å². The standard InChI is InChI=1S/C12H18N2O/c1-14-5-4-12(13-14)15-8-11-7-9-2-3-10(11)6-9/h4-5,9-11H,2-3,6-8H2,1H3/t9-,10+,11?/m0/s1. The second-order valence-electron chi connectivity index (χ2n) is 5.07. The Morgan fingerprint density at radius 1 is 1.47 bits per heavy atom. The molecule has 3 heteroatoms. The molecule has 1 aromatic rings. The zero-order valence-corrected chi connectivity index (χ0v) is 9.22. The largest absolute Gasteiger partial charge is 0.476 e. The molecule has 2 fully saturated rings. The van der Waals surface area contributed by atoms with Gasteiger partial charge in [0.1, 0.15) is 0 Å². The van der Waals surface area contributed by atoms with E-state index in [1.54, 1.807) is 4.68 Å². The number of hydrogen-bond acceptors (Lipinski definition) is 2. The summed E-state index contributed by atoms with van der Waals surface area (Å²) in [7, 11) is 1.92. The van der Waals surface area contributed by atoms with Crippen molar-refractivity contribution >= 4 is 0 Å². The second-order valence-corrected chi connectivity index (χ2v) is 5.07. The van der Waals surface area contributed by atoms with E-state index in [0.717, 1.165) is 30.2 Å². The Labute approximate surface area is 90.4 Å². The molecular weight excluding hydrogens is 188 g/mol. The number of hydrogen-bond donors (Lipinski definition) is 0. The fourth-order valence-electron chi connectivity index (χ4n) is 3.24. The van der Waals surface area contributed by atoms with Crippen molar-refractivity contribution in [2.24, 2.45) is 24.8 Å². The monoisotopic (exact) mass is 206 g/mol. The minimum Gasteiger partial charge on any atom is -0.476 e. The molecule has 2 saturated carbocycles. The molecule has 1 aromatic heterocycles. The third-order valence-electron chi connectivity index (χ3n) is 4.02. The van der Waals surface area contributed by atoms with Gasteiger partial charge >= 0.3 is 0 Å². The molecule has 3 atom stereocenters. The lowest BCUT2D eigenvalue weighted by Crippen LogP contribution is -2.18. The van der Waals surface area contributed by atoms with Crippen LogP contribution in [0.3, 0.4) is 0 Å². The first-order chi connectivity index (χ1) is 7.31. The van der Waals surface area contributed by atoms with Crippen molar-refractivity contribution < 1.29 is 4.74 Å². The highest BCUT2D eigenvalue weighted by molar-refractivity contribution is 5.05. The average molecular weight is 206 g/mol. The quantitative estimate of drug-likeness (QED) is 0.758. The summed E-state index contributed by atoms with van der Waals surface area (Å²) >= 11 is 0. The van der Waals surface area contributed by atoms with Crippen LogP contribution in [0.15, 0.2) is 12.3 Å². The Morgan fingerprint density at radius 2 is 2.40 bits per heavy atom. The fraction of sp³-hybridized carbons (Fsp3) is 0.750. The molecule has 0 aromatic carbocycles. The molecule has 0 amide bonds. The number of nitrogens with zero attached hydrogens (tertiary/aromatic N) is 2. The van der Waals surface area contributed by atoms with Crippen molar-refractivity contribution in [2.45, 2.75) is 25.7 Å². The molecule has 1 heterocycles. The van der Waals surface area contributed by atoms with Crippen molar-refractivity contribution in [1.82, 2.24) is 9.78 Å². The minimum atomic E-state index is 0.778. The van der Waals surface area contributed by atoms with Crippen LogP contribution in [-0.2, 0) is 7.05 Å². The van der Waals surface area contributed by atoms with Crippen LogP contribution in [0.25, 0.3) is 0 Å². The topological polar surface area (TPSA) is 27.1 Å². The van der Waals surface area contributed by atoms with Gasteiger partial charge in [0.15, 0.2) is 0 Å². The highest BCUT2D eigenvalue weighted by atomic mass is 16.5. The number of fused-ring (bicyclic) bond motifs is 2. The molecule has 0 radical (unpaired) electrons. The zero-order valence-electron chi connectivity index (χ0n) is 9.22. The average Bonchev–Trinajstić information content (AvgIpc) is 2.90. The van der Waals surface area contributed by atoms with Gasteiger partial charge in [-0.25, -0.2) is 0 Å². The van der Waals surface area contributed by atoms with Gasteiger partial charge in [-0.3, -0.25) is 4.68 Å². The lowest BCUT2D eigenvalue weighted by Gasteiger charge is -2.20. The van der Waals surface area contributed by atoms with Crippen LogP contribution in [0, 0.1) is 17.8 Å². The summed E-state index contributed by atoms with van der Waals surface area (Å²) in [4.78, 5) is 0. The number of rotatable bonds is 3. The molecule has 2 aliphatic rings. The minimum absolute atomic E-state index is 0.778. The third-order valence-corrected chi connectivity index (χ3v) is 4.02. The van der Waals surface area contributed by atoms with E-state index in [-0.39, 0.29) is 0 Å². The van der Waals surface area contributed by atoms with Gasteiger partial charge in [0.25, 0.3) is 0 Å². The predicted molar refractivity (Wildman–Crippen MR) is 57.6 cm³/mol. The van der Waals surface area contributed by atoms with Gasteiger partial charge in [-0.2, -0.15) is 0 Å². The highest BCUT2D eigenvalue weighted by Crippen LogP contribution is 2.48.